The van der Waals surface area contributed by atoms with Crippen LogP contribution in [0.5, 0.6) is 5.75 Å². The van der Waals surface area contributed by atoms with Crippen LogP contribution in [0.1, 0.15) is 5.56 Å². The third kappa shape index (κ3) is 4.23. The van der Waals surface area contributed by atoms with Crippen LogP contribution < -0.4 is 15.0 Å². The summed E-state index contributed by atoms with van der Waals surface area (Å²) >= 11 is 0. The normalized spacial score (nSPS) is 14.5. The summed E-state index contributed by atoms with van der Waals surface area (Å²) in [6.45, 7) is 0.0479. The Labute approximate surface area is 175 Å². The van der Waals surface area contributed by atoms with E-state index in [0.29, 0.717) is 0 Å². The molecule has 10 heteroatoms. The molecule has 31 heavy (non-hydrogen) atoms. The van der Waals surface area contributed by atoms with E-state index in [-0.39, 0.29) is 18.8 Å². The minimum Gasteiger partial charge on any atom is -0.406 e. The first kappa shape index (κ1) is 20.5. The van der Waals surface area contributed by atoms with Crippen molar-refractivity contribution in [2.75, 3.05) is 23.8 Å². The molecule has 3 amide bonds. The summed E-state index contributed by atoms with van der Waals surface area (Å²) in [7, 11) is 1.80. The molecule has 3 aromatic rings. The molecule has 0 atom stereocenters. The molecule has 1 aromatic heterocycles. The number of urea groups is 1. The average Bonchev–Trinajstić information content (AvgIpc) is 3.00. The van der Waals surface area contributed by atoms with Crippen LogP contribution in [0.4, 0.5) is 29.3 Å². The molecule has 0 unspecified atom stereocenters. The van der Waals surface area contributed by atoms with Crippen LogP contribution in [0.15, 0.2) is 54.7 Å². The number of ether oxygens (including phenoxy) is 1. The number of aromatic nitrogens is 1. The predicted octanol–water partition coefficient (Wildman–Crippen LogP) is 4.14. The number of imide groups is 1. The van der Waals surface area contributed by atoms with E-state index >= 15 is 0 Å². The Balaban J connectivity index is 1.54. The van der Waals surface area contributed by atoms with Gasteiger partial charge in [0.2, 0.25) is 0 Å². The fourth-order valence-electron chi connectivity index (χ4n) is 3.43. The van der Waals surface area contributed by atoms with Gasteiger partial charge >= 0.3 is 12.4 Å². The number of pyridine rings is 1. The minimum atomic E-state index is -4.82. The van der Waals surface area contributed by atoms with Crippen molar-refractivity contribution >= 4 is 34.2 Å². The SMILES string of the molecule is CNc1ccc2c(CN3CC(=O)N(c4ccc(OC(F)(F)F)cc4)C3=O)ccnc2c1. The van der Waals surface area contributed by atoms with Crippen molar-refractivity contribution in [2.45, 2.75) is 12.9 Å². The van der Waals surface area contributed by atoms with Gasteiger partial charge in [0.15, 0.2) is 0 Å². The van der Waals surface area contributed by atoms with Crippen LogP contribution in [0, 0.1) is 0 Å². The van der Waals surface area contributed by atoms with E-state index in [0.717, 1.165) is 39.2 Å². The number of hydrogen-bond acceptors (Lipinski definition) is 5. The van der Waals surface area contributed by atoms with Gasteiger partial charge in [-0.3, -0.25) is 9.78 Å². The maximum atomic E-state index is 12.9. The van der Waals surface area contributed by atoms with Crippen molar-refractivity contribution in [1.29, 1.82) is 0 Å². The van der Waals surface area contributed by atoms with Crippen LogP contribution in [-0.4, -0.2) is 41.8 Å². The Morgan fingerprint density at radius 3 is 2.52 bits per heavy atom. The highest BCUT2D eigenvalue weighted by Crippen LogP contribution is 2.29. The summed E-state index contributed by atoms with van der Waals surface area (Å²) in [6, 6.07) is 11.5. The van der Waals surface area contributed by atoms with Gasteiger partial charge in [0.1, 0.15) is 12.3 Å². The zero-order chi connectivity index (χ0) is 22.2. The van der Waals surface area contributed by atoms with E-state index in [1.807, 2.05) is 18.2 Å². The van der Waals surface area contributed by atoms with E-state index in [2.05, 4.69) is 15.0 Å². The Hall–Kier alpha value is -3.82. The van der Waals surface area contributed by atoms with Crippen LogP contribution >= 0.6 is 0 Å². The topological polar surface area (TPSA) is 74.8 Å². The Bertz CT molecular complexity index is 1150. The molecule has 160 valence electrons. The quantitative estimate of drug-likeness (QED) is 0.616. The third-order valence-corrected chi connectivity index (χ3v) is 4.85. The summed E-state index contributed by atoms with van der Waals surface area (Å²) in [5, 5.41) is 3.89. The first-order valence-electron chi connectivity index (χ1n) is 9.28. The molecule has 2 aromatic carbocycles. The predicted molar refractivity (Wildman–Crippen MR) is 108 cm³/mol. The number of fused-ring (bicyclic) bond motifs is 1. The number of alkyl halides is 3. The Morgan fingerprint density at radius 1 is 1.10 bits per heavy atom. The molecule has 1 fully saturated rings. The van der Waals surface area contributed by atoms with Crippen LogP contribution in [0.2, 0.25) is 0 Å². The molecule has 0 radical (unpaired) electrons. The maximum absolute atomic E-state index is 12.9. The zero-order valence-corrected chi connectivity index (χ0v) is 16.3. The van der Waals surface area contributed by atoms with Crippen molar-refractivity contribution in [3.8, 4) is 5.75 Å². The van der Waals surface area contributed by atoms with Crippen molar-refractivity contribution in [3.63, 3.8) is 0 Å². The highest BCUT2D eigenvalue weighted by molar-refractivity contribution is 6.19. The molecule has 7 nitrogen and oxygen atoms in total. The second-order valence-electron chi connectivity index (χ2n) is 6.86. The lowest BCUT2D eigenvalue weighted by atomic mass is 10.1. The Kier molecular flexibility index (Phi) is 5.14. The van der Waals surface area contributed by atoms with Gasteiger partial charge in [-0.2, -0.15) is 0 Å². The maximum Gasteiger partial charge on any atom is 0.573 e. The lowest BCUT2D eigenvalue weighted by Crippen LogP contribution is -2.32. The molecular formula is C21H17F3N4O3. The molecule has 1 aliphatic rings. The zero-order valence-electron chi connectivity index (χ0n) is 16.3. The minimum absolute atomic E-state index is 0.141. The van der Waals surface area contributed by atoms with Crippen molar-refractivity contribution in [3.05, 3.63) is 60.3 Å². The number of nitrogens with zero attached hydrogens (tertiary/aromatic N) is 3. The number of anilines is 2. The lowest BCUT2D eigenvalue weighted by Gasteiger charge is -2.18. The van der Waals surface area contributed by atoms with E-state index < -0.39 is 24.1 Å². The number of benzene rings is 2. The largest absolute Gasteiger partial charge is 0.573 e. The van der Waals surface area contributed by atoms with Gasteiger partial charge in [0.05, 0.1) is 11.2 Å². The summed E-state index contributed by atoms with van der Waals surface area (Å²) in [5.74, 6) is -0.901. The smallest absolute Gasteiger partial charge is 0.406 e. The molecule has 1 saturated heterocycles. The van der Waals surface area contributed by atoms with Gasteiger partial charge in [-0.05, 0) is 48.0 Å². The van der Waals surface area contributed by atoms with E-state index in [1.165, 1.54) is 17.0 Å². The van der Waals surface area contributed by atoms with Crippen LogP contribution in [0.3, 0.4) is 0 Å². The molecule has 1 N–H and O–H groups in total. The second-order valence-corrected chi connectivity index (χ2v) is 6.86. The first-order chi connectivity index (χ1) is 14.7. The van der Waals surface area contributed by atoms with Gasteiger partial charge in [-0.25, -0.2) is 9.69 Å². The summed E-state index contributed by atoms with van der Waals surface area (Å²) in [5.41, 5.74) is 2.64. The number of halogens is 3. The molecule has 2 heterocycles. The van der Waals surface area contributed by atoms with Crippen LogP contribution in [-0.2, 0) is 11.3 Å². The van der Waals surface area contributed by atoms with Gasteiger partial charge in [0, 0.05) is 30.9 Å². The average molecular weight is 430 g/mol. The van der Waals surface area contributed by atoms with Gasteiger partial charge in [0.25, 0.3) is 5.91 Å². The monoisotopic (exact) mass is 430 g/mol. The fraction of sp³-hybridized carbons (Fsp3) is 0.190. The van der Waals surface area contributed by atoms with Crippen LogP contribution in [0.25, 0.3) is 10.9 Å². The third-order valence-electron chi connectivity index (χ3n) is 4.85. The van der Waals surface area contributed by atoms with Crippen molar-refractivity contribution in [2.24, 2.45) is 0 Å². The highest BCUT2D eigenvalue weighted by Gasteiger charge is 2.37. The van der Waals surface area contributed by atoms with Gasteiger partial charge in [-0.1, -0.05) is 6.07 Å². The number of carbonyl (C=O) groups excluding carboxylic acids is 2. The van der Waals surface area contributed by atoms with E-state index in [1.54, 1.807) is 19.3 Å². The number of carbonyl (C=O) groups is 2. The highest BCUT2D eigenvalue weighted by atomic mass is 19.4. The number of nitrogens with one attached hydrogen (secondary N) is 1. The van der Waals surface area contributed by atoms with Gasteiger partial charge < -0.3 is 15.0 Å². The lowest BCUT2D eigenvalue weighted by molar-refractivity contribution is -0.274. The Morgan fingerprint density at radius 2 is 1.84 bits per heavy atom. The second kappa shape index (κ2) is 7.78. The summed E-state index contributed by atoms with van der Waals surface area (Å²) < 4.78 is 40.8. The number of amides is 3. The fourth-order valence-corrected chi connectivity index (χ4v) is 3.43. The van der Waals surface area contributed by atoms with Gasteiger partial charge in [-0.15, -0.1) is 13.2 Å². The number of hydrogen-bond donors (Lipinski definition) is 1. The summed E-state index contributed by atoms with van der Waals surface area (Å²) in [4.78, 5) is 32.0. The summed E-state index contributed by atoms with van der Waals surface area (Å²) in [6.07, 6.45) is -3.19. The van der Waals surface area contributed by atoms with E-state index in [4.69, 9.17) is 0 Å². The standard InChI is InChI=1S/C21H17F3N4O3/c1-25-14-2-7-17-13(8-9-26-18(17)10-14)11-27-12-19(29)28(20(27)30)15-3-5-16(6-4-15)31-21(22,23)24/h2-10,25H,11-12H2,1H3. The molecule has 0 aliphatic carbocycles. The van der Waals surface area contributed by atoms with Crippen molar-refractivity contribution in [1.82, 2.24) is 9.88 Å². The number of rotatable bonds is 5. The van der Waals surface area contributed by atoms with Crippen molar-refractivity contribution < 1.29 is 27.5 Å². The van der Waals surface area contributed by atoms with E-state index in [9.17, 15) is 22.8 Å². The molecule has 0 bridgehead atoms. The molecule has 0 spiro atoms. The first-order valence-corrected chi connectivity index (χ1v) is 9.28. The molecule has 4 rings (SSSR count). The molecule has 1 aliphatic heterocycles. The molecule has 0 saturated carbocycles. The molecular weight excluding hydrogens is 413 g/mol.